The van der Waals surface area contributed by atoms with E-state index < -0.39 is 0 Å². The monoisotopic (exact) mass is 544 g/mol. The normalized spacial score (nSPS) is 13.2. The first-order chi connectivity index (χ1) is 18.9. The lowest BCUT2D eigenvalue weighted by molar-refractivity contribution is -0.127. The highest BCUT2D eigenvalue weighted by molar-refractivity contribution is 7.09. The fraction of sp³-hybridized carbons (Fsp3) is 0.333. The zero-order chi connectivity index (χ0) is 27.4. The van der Waals surface area contributed by atoms with Gasteiger partial charge in [0.1, 0.15) is 12.4 Å². The molecule has 0 spiro atoms. The van der Waals surface area contributed by atoms with E-state index in [0.29, 0.717) is 32.2 Å². The molecule has 0 aliphatic carbocycles. The van der Waals surface area contributed by atoms with E-state index in [1.807, 2.05) is 49.1 Å². The van der Waals surface area contributed by atoms with Gasteiger partial charge in [-0.1, -0.05) is 29.7 Å². The molecule has 1 fully saturated rings. The summed E-state index contributed by atoms with van der Waals surface area (Å²) in [7, 11) is 0. The molecule has 8 nitrogen and oxygen atoms in total. The number of carbonyl (C=O) groups is 1. The van der Waals surface area contributed by atoms with Crippen LogP contribution in [-0.4, -0.2) is 44.8 Å². The fourth-order valence-corrected chi connectivity index (χ4v) is 5.60. The summed E-state index contributed by atoms with van der Waals surface area (Å²) in [5, 5.41) is 0. The van der Waals surface area contributed by atoms with Gasteiger partial charge in [0.15, 0.2) is 0 Å². The van der Waals surface area contributed by atoms with Gasteiger partial charge in [0.25, 0.3) is 5.56 Å². The van der Waals surface area contributed by atoms with E-state index in [-0.39, 0.29) is 11.5 Å². The lowest BCUT2D eigenvalue weighted by Gasteiger charge is -2.17. The standard InChI is InChI=1S/C30H32N4O4S/c1-19-23(18-38-24-12-10-22(11-13-24)26-17-27(35)33-39-26)7-4-8-25(19)29-20(2)31-30(32-21(29)3)37-16-6-15-34-14-5-9-28(34)36/h4,7-8,10-13,17H,5-6,9,14-16,18H2,1-3H3,(H,33,35). The van der Waals surface area contributed by atoms with Crippen molar-refractivity contribution in [1.29, 1.82) is 0 Å². The summed E-state index contributed by atoms with van der Waals surface area (Å²) in [5.41, 5.74) is 6.87. The van der Waals surface area contributed by atoms with Crippen LogP contribution < -0.4 is 15.0 Å². The predicted molar refractivity (Wildman–Crippen MR) is 152 cm³/mol. The van der Waals surface area contributed by atoms with E-state index in [9.17, 15) is 9.59 Å². The Hall–Kier alpha value is -3.98. The topological polar surface area (TPSA) is 97.4 Å². The zero-order valence-electron chi connectivity index (χ0n) is 22.5. The number of H-pyrrole nitrogens is 1. The highest BCUT2D eigenvalue weighted by atomic mass is 32.1. The average Bonchev–Trinajstić information content (AvgIpc) is 3.54. The molecule has 202 valence electrons. The summed E-state index contributed by atoms with van der Waals surface area (Å²) in [5.74, 6) is 0.994. The second-order valence-corrected chi connectivity index (χ2v) is 10.6. The summed E-state index contributed by atoms with van der Waals surface area (Å²) in [4.78, 5) is 35.2. The van der Waals surface area contributed by atoms with Gasteiger partial charge in [0.2, 0.25) is 5.91 Å². The predicted octanol–water partition coefficient (Wildman–Crippen LogP) is 5.46. The van der Waals surface area contributed by atoms with Gasteiger partial charge in [-0.2, -0.15) is 9.97 Å². The molecule has 0 saturated carbocycles. The molecule has 2 aromatic carbocycles. The van der Waals surface area contributed by atoms with Crippen LogP contribution in [0.25, 0.3) is 21.6 Å². The van der Waals surface area contributed by atoms with E-state index in [2.05, 4.69) is 33.4 Å². The van der Waals surface area contributed by atoms with Crippen molar-refractivity contribution in [3.63, 3.8) is 0 Å². The van der Waals surface area contributed by atoms with Crippen LogP contribution in [0.1, 0.15) is 41.8 Å². The molecule has 5 rings (SSSR count). The Balaban J connectivity index is 1.23. The van der Waals surface area contributed by atoms with Gasteiger partial charge in [-0.15, -0.1) is 0 Å². The van der Waals surface area contributed by atoms with E-state index in [1.165, 1.54) is 11.5 Å². The number of carbonyl (C=O) groups excluding carboxylic acids is 1. The molecule has 2 aromatic heterocycles. The van der Waals surface area contributed by atoms with Crippen molar-refractivity contribution >= 4 is 17.4 Å². The van der Waals surface area contributed by atoms with Crippen molar-refractivity contribution in [3.05, 3.63) is 81.4 Å². The molecule has 1 aliphatic heterocycles. The number of hydrogen-bond donors (Lipinski definition) is 1. The highest BCUT2D eigenvalue weighted by Gasteiger charge is 2.19. The van der Waals surface area contributed by atoms with Gasteiger partial charge < -0.3 is 14.4 Å². The largest absolute Gasteiger partial charge is 0.489 e. The lowest BCUT2D eigenvalue weighted by atomic mass is 9.95. The number of ether oxygens (including phenoxy) is 2. The summed E-state index contributed by atoms with van der Waals surface area (Å²) >= 11 is 1.32. The Labute approximate surface area is 231 Å². The lowest BCUT2D eigenvalue weighted by Crippen LogP contribution is -2.26. The van der Waals surface area contributed by atoms with Gasteiger partial charge >= 0.3 is 6.01 Å². The number of hydrogen-bond acceptors (Lipinski definition) is 7. The van der Waals surface area contributed by atoms with Crippen molar-refractivity contribution in [2.24, 2.45) is 0 Å². The first kappa shape index (κ1) is 26.6. The Morgan fingerprint density at radius 1 is 1.00 bits per heavy atom. The molecule has 0 bridgehead atoms. The summed E-state index contributed by atoms with van der Waals surface area (Å²) in [6.45, 7) is 8.50. The molecule has 1 saturated heterocycles. The minimum Gasteiger partial charge on any atom is -0.489 e. The van der Waals surface area contributed by atoms with Crippen LogP contribution in [0.15, 0.2) is 53.3 Å². The van der Waals surface area contributed by atoms with Crippen LogP contribution in [0.2, 0.25) is 0 Å². The van der Waals surface area contributed by atoms with E-state index in [4.69, 9.17) is 9.47 Å². The van der Waals surface area contributed by atoms with Crippen LogP contribution in [-0.2, 0) is 11.4 Å². The van der Waals surface area contributed by atoms with Gasteiger partial charge in [-0.05, 0) is 80.1 Å². The van der Waals surface area contributed by atoms with Gasteiger partial charge in [-0.25, -0.2) is 0 Å². The summed E-state index contributed by atoms with van der Waals surface area (Å²) in [6.07, 6.45) is 2.36. The first-order valence-corrected chi connectivity index (χ1v) is 14.0. The number of rotatable bonds is 10. The van der Waals surface area contributed by atoms with Crippen molar-refractivity contribution in [1.82, 2.24) is 19.2 Å². The zero-order valence-corrected chi connectivity index (χ0v) is 23.3. The Morgan fingerprint density at radius 2 is 1.77 bits per heavy atom. The van der Waals surface area contributed by atoms with Crippen LogP contribution in [0.5, 0.6) is 11.8 Å². The molecule has 39 heavy (non-hydrogen) atoms. The number of aromatic amines is 1. The third kappa shape index (κ3) is 6.20. The first-order valence-electron chi connectivity index (χ1n) is 13.2. The molecule has 4 aromatic rings. The van der Waals surface area contributed by atoms with Crippen LogP contribution in [0, 0.1) is 20.8 Å². The SMILES string of the molecule is Cc1nc(OCCCN2CCCC2=O)nc(C)c1-c1cccc(COc2ccc(-c3cc(=O)[nH]s3)cc2)c1C. The second-order valence-electron chi connectivity index (χ2n) is 9.72. The van der Waals surface area contributed by atoms with Crippen LogP contribution in [0.3, 0.4) is 0 Å². The second kappa shape index (κ2) is 11.8. The number of likely N-dealkylation sites (tertiary alicyclic amines) is 1. The Bertz CT molecular complexity index is 1500. The summed E-state index contributed by atoms with van der Waals surface area (Å²) < 4.78 is 14.6. The van der Waals surface area contributed by atoms with Crippen molar-refractivity contribution in [2.75, 3.05) is 19.7 Å². The van der Waals surface area contributed by atoms with Crippen molar-refractivity contribution < 1.29 is 14.3 Å². The minimum atomic E-state index is -0.0876. The maximum atomic E-state index is 11.8. The molecular weight excluding hydrogens is 512 g/mol. The molecule has 0 unspecified atom stereocenters. The van der Waals surface area contributed by atoms with Gasteiger partial charge in [0, 0.05) is 31.1 Å². The number of aromatic nitrogens is 3. The van der Waals surface area contributed by atoms with E-state index >= 15 is 0 Å². The quantitative estimate of drug-likeness (QED) is 0.267. The number of aryl methyl sites for hydroxylation is 2. The third-order valence-electron chi connectivity index (χ3n) is 7.00. The fourth-order valence-electron chi connectivity index (χ4n) is 4.91. The highest BCUT2D eigenvalue weighted by Crippen LogP contribution is 2.32. The number of nitrogens with zero attached hydrogens (tertiary/aromatic N) is 3. The molecular formula is C30H32N4O4S. The smallest absolute Gasteiger partial charge is 0.316 e. The van der Waals surface area contributed by atoms with E-state index in [0.717, 1.165) is 69.2 Å². The maximum absolute atomic E-state index is 11.8. The van der Waals surface area contributed by atoms with Crippen LogP contribution in [0.4, 0.5) is 0 Å². The third-order valence-corrected chi connectivity index (χ3v) is 7.87. The van der Waals surface area contributed by atoms with Crippen molar-refractivity contribution in [3.8, 4) is 33.3 Å². The number of amides is 1. The molecule has 0 radical (unpaired) electrons. The van der Waals surface area contributed by atoms with E-state index in [1.54, 1.807) is 6.07 Å². The molecule has 9 heteroatoms. The van der Waals surface area contributed by atoms with Gasteiger partial charge in [-0.3, -0.25) is 14.0 Å². The molecule has 1 N–H and O–H groups in total. The van der Waals surface area contributed by atoms with Crippen molar-refractivity contribution in [2.45, 2.75) is 46.6 Å². The Kier molecular flexibility index (Phi) is 8.07. The summed E-state index contributed by atoms with van der Waals surface area (Å²) in [6, 6.07) is 15.9. The number of nitrogens with one attached hydrogen (secondary N) is 1. The minimum absolute atomic E-state index is 0.0876. The molecule has 3 heterocycles. The number of benzene rings is 2. The molecule has 1 amide bonds. The molecule has 1 aliphatic rings. The van der Waals surface area contributed by atoms with Gasteiger partial charge in [0.05, 0.1) is 22.9 Å². The molecule has 0 atom stereocenters. The Morgan fingerprint density at radius 3 is 2.44 bits per heavy atom. The maximum Gasteiger partial charge on any atom is 0.316 e. The van der Waals surface area contributed by atoms with Crippen LogP contribution >= 0.6 is 11.5 Å². The average molecular weight is 545 g/mol.